The van der Waals surface area contributed by atoms with Gasteiger partial charge in [0.25, 0.3) is 0 Å². The van der Waals surface area contributed by atoms with Crippen LogP contribution >= 0.6 is 0 Å². The van der Waals surface area contributed by atoms with Crippen LogP contribution in [-0.4, -0.2) is 23.6 Å². The van der Waals surface area contributed by atoms with Crippen LogP contribution in [0.2, 0.25) is 0 Å². The maximum atomic E-state index is 5.45. The molecule has 0 unspecified atom stereocenters. The summed E-state index contributed by atoms with van der Waals surface area (Å²) in [5.41, 5.74) is 0.957. The van der Waals surface area contributed by atoms with Crippen molar-refractivity contribution in [3.05, 3.63) is 49.1 Å². The van der Waals surface area contributed by atoms with Crippen LogP contribution in [0.5, 0.6) is 5.88 Å². The van der Waals surface area contributed by atoms with E-state index in [0.717, 1.165) is 11.4 Å². The van der Waals surface area contributed by atoms with Gasteiger partial charge in [0.1, 0.15) is 12.4 Å². The maximum Gasteiger partial charge on any atom is 0.219 e. The number of hydrogen-bond donors (Lipinski definition) is 1. The van der Waals surface area contributed by atoms with Gasteiger partial charge in [0.05, 0.1) is 0 Å². The topological polar surface area (TPSA) is 47.0 Å². The van der Waals surface area contributed by atoms with Gasteiger partial charge in [-0.1, -0.05) is 43.0 Å². The number of hydrogen-bond acceptors (Lipinski definition) is 4. The Morgan fingerprint density at radius 2 is 2.06 bits per heavy atom. The fourth-order valence-electron chi connectivity index (χ4n) is 1.49. The first-order chi connectivity index (χ1) is 8.83. The Balaban J connectivity index is 2.37. The second-order valence-corrected chi connectivity index (χ2v) is 3.63. The molecular weight excluding hydrogens is 226 g/mol. The summed E-state index contributed by atoms with van der Waals surface area (Å²) in [5.74, 6) is 1.90. The lowest BCUT2D eigenvalue weighted by molar-refractivity contribution is 0.349. The standard InChI is InChI=1S/C14H15N3O/c1-3-9-18-13-10-12(15-2)16-14(17-13)11-7-5-4-6-8-11/h3-8,10H,1,9H2,2H3,(H,15,16,17). The molecule has 0 saturated heterocycles. The van der Waals surface area contributed by atoms with Crippen molar-refractivity contribution in [3.8, 4) is 17.3 Å². The highest BCUT2D eigenvalue weighted by molar-refractivity contribution is 5.58. The lowest BCUT2D eigenvalue weighted by Crippen LogP contribution is -2.01. The summed E-state index contributed by atoms with van der Waals surface area (Å²) in [4.78, 5) is 8.77. The minimum absolute atomic E-state index is 0.425. The molecule has 2 rings (SSSR count). The van der Waals surface area contributed by atoms with Gasteiger partial charge in [0.2, 0.25) is 5.88 Å². The molecular formula is C14H15N3O. The molecule has 0 radical (unpaired) electrons. The zero-order valence-corrected chi connectivity index (χ0v) is 10.3. The molecule has 92 valence electrons. The Morgan fingerprint density at radius 1 is 1.28 bits per heavy atom. The zero-order valence-electron chi connectivity index (χ0n) is 10.3. The van der Waals surface area contributed by atoms with Crippen LogP contribution in [0.3, 0.4) is 0 Å². The van der Waals surface area contributed by atoms with Crippen molar-refractivity contribution in [1.29, 1.82) is 0 Å². The molecule has 2 aromatic rings. The zero-order chi connectivity index (χ0) is 12.8. The molecule has 0 aliphatic carbocycles. The fourth-order valence-corrected chi connectivity index (χ4v) is 1.49. The number of ether oxygens (including phenoxy) is 1. The lowest BCUT2D eigenvalue weighted by Gasteiger charge is -2.08. The highest BCUT2D eigenvalue weighted by Gasteiger charge is 2.06. The predicted octanol–water partition coefficient (Wildman–Crippen LogP) is 2.75. The van der Waals surface area contributed by atoms with E-state index < -0.39 is 0 Å². The molecule has 1 N–H and O–H groups in total. The first-order valence-electron chi connectivity index (χ1n) is 5.69. The van der Waals surface area contributed by atoms with E-state index in [1.807, 2.05) is 37.4 Å². The van der Waals surface area contributed by atoms with Gasteiger partial charge in [-0.15, -0.1) is 0 Å². The smallest absolute Gasteiger partial charge is 0.219 e. The van der Waals surface area contributed by atoms with Gasteiger partial charge in [-0.05, 0) is 0 Å². The van der Waals surface area contributed by atoms with Gasteiger partial charge < -0.3 is 10.1 Å². The van der Waals surface area contributed by atoms with Crippen LogP contribution in [0.4, 0.5) is 5.82 Å². The van der Waals surface area contributed by atoms with Crippen LogP contribution in [0.25, 0.3) is 11.4 Å². The Bertz CT molecular complexity index is 526. The molecule has 0 bridgehead atoms. The summed E-state index contributed by atoms with van der Waals surface area (Å²) >= 11 is 0. The molecule has 0 saturated carbocycles. The number of nitrogens with one attached hydrogen (secondary N) is 1. The predicted molar refractivity (Wildman–Crippen MR) is 72.7 cm³/mol. The van der Waals surface area contributed by atoms with Crippen molar-refractivity contribution in [3.63, 3.8) is 0 Å². The monoisotopic (exact) mass is 241 g/mol. The third kappa shape index (κ3) is 2.85. The van der Waals surface area contributed by atoms with Crippen LogP contribution in [0.15, 0.2) is 49.1 Å². The SMILES string of the molecule is C=CCOc1cc(NC)nc(-c2ccccc2)n1. The summed E-state index contributed by atoms with van der Waals surface area (Å²) in [6, 6.07) is 11.6. The van der Waals surface area contributed by atoms with Crippen molar-refractivity contribution in [2.45, 2.75) is 0 Å². The first-order valence-corrected chi connectivity index (χ1v) is 5.69. The van der Waals surface area contributed by atoms with Gasteiger partial charge >= 0.3 is 0 Å². The Labute approximate surface area is 106 Å². The van der Waals surface area contributed by atoms with Crippen molar-refractivity contribution in [1.82, 2.24) is 9.97 Å². The maximum absolute atomic E-state index is 5.45. The van der Waals surface area contributed by atoms with E-state index in [1.165, 1.54) is 0 Å². The summed E-state index contributed by atoms with van der Waals surface area (Å²) in [6.45, 7) is 4.04. The molecule has 0 aliphatic heterocycles. The van der Waals surface area contributed by atoms with Crippen molar-refractivity contribution >= 4 is 5.82 Å². The summed E-state index contributed by atoms with van der Waals surface area (Å²) < 4.78 is 5.45. The van der Waals surface area contributed by atoms with E-state index in [4.69, 9.17) is 4.74 Å². The van der Waals surface area contributed by atoms with E-state index in [9.17, 15) is 0 Å². The fraction of sp³-hybridized carbons (Fsp3) is 0.143. The largest absolute Gasteiger partial charge is 0.473 e. The second kappa shape index (κ2) is 5.82. The number of benzene rings is 1. The van der Waals surface area contributed by atoms with E-state index in [-0.39, 0.29) is 0 Å². The van der Waals surface area contributed by atoms with Crippen molar-refractivity contribution in [2.75, 3.05) is 19.0 Å². The number of rotatable bonds is 5. The van der Waals surface area contributed by atoms with Crippen molar-refractivity contribution in [2.24, 2.45) is 0 Å². The third-order valence-electron chi connectivity index (χ3n) is 2.34. The Morgan fingerprint density at radius 3 is 2.72 bits per heavy atom. The molecule has 4 heteroatoms. The molecule has 4 nitrogen and oxygen atoms in total. The molecule has 0 fully saturated rings. The van der Waals surface area contributed by atoms with Gasteiger partial charge in [0, 0.05) is 18.7 Å². The molecule has 0 atom stereocenters. The average molecular weight is 241 g/mol. The quantitative estimate of drug-likeness (QED) is 0.818. The molecule has 18 heavy (non-hydrogen) atoms. The molecule has 1 aromatic carbocycles. The summed E-state index contributed by atoms with van der Waals surface area (Å²) in [5, 5.41) is 3.00. The summed E-state index contributed by atoms with van der Waals surface area (Å²) in [6.07, 6.45) is 1.68. The molecule has 1 aromatic heterocycles. The number of anilines is 1. The molecule has 0 amide bonds. The average Bonchev–Trinajstić information content (AvgIpc) is 2.45. The Kier molecular flexibility index (Phi) is 3.91. The van der Waals surface area contributed by atoms with Crippen LogP contribution in [0.1, 0.15) is 0 Å². The normalized spacial score (nSPS) is 9.83. The summed E-state index contributed by atoms with van der Waals surface area (Å²) in [7, 11) is 1.81. The minimum atomic E-state index is 0.425. The van der Waals surface area contributed by atoms with E-state index in [1.54, 1.807) is 12.1 Å². The van der Waals surface area contributed by atoms with E-state index >= 15 is 0 Å². The number of aromatic nitrogens is 2. The highest BCUT2D eigenvalue weighted by Crippen LogP contribution is 2.20. The molecule has 0 spiro atoms. The Hall–Kier alpha value is -2.36. The van der Waals surface area contributed by atoms with Crippen LogP contribution in [-0.2, 0) is 0 Å². The van der Waals surface area contributed by atoms with Crippen LogP contribution < -0.4 is 10.1 Å². The first kappa shape index (κ1) is 12.1. The van der Waals surface area contributed by atoms with Gasteiger partial charge in [-0.25, -0.2) is 4.98 Å². The van der Waals surface area contributed by atoms with E-state index in [2.05, 4.69) is 21.9 Å². The van der Waals surface area contributed by atoms with E-state index in [0.29, 0.717) is 18.3 Å². The van der Waals surface area contributed by atoms with Gasteiger partial charge in [0.15, 0.2) is 5.82 Å². The molecule has 0 aliphatic rings. The van der Waals surface area contributed by atoms with Gasteiger partial charge in [-0.3, -0.25) is 0 Å². The third-order valence-corrected chi connectivity index (χ3v) is 2.34. The van der Waals surface area contributed by atoms with Gasteiger partial charge in [-0.2, -0.15) is 4.98 Å². The van der Waals surface area contributed by atoms with Crippen molar-refractivity contribution < 1.29 is 4.74 Å². The lowest BCUT2D eigenvalue weighted by atomic mass is 10.2. The minimum Gasteiger partial charge on any atom is -0.473 e. The second-order valence-electron chi connectivity index (χ2n) is 3.63. The molecule has 1 heterocycles. The van der Waals surface area contributed by atoms with Crippen LogP contribution in [0, 0.1) is 0 Å². The number of nitrogens with zero attached hydrogens (tertiary/aromatic N) is 2. The highest BCUT2D eigenvalue weighted by atomic mass is 16.5.